The zero-order chi connectivity index (χ0) is 16.7. The molecule has 2 heterocycles. The van der Waals surface area contributed by atoms with E-state index in [0.717, 1.165) is 12.8 Å². The molecule has 0 amide bonds. The number of ether oxygens (including phenoxy) is 1. The Bertz CT molecular complexity index is 498. The van der Waals surface area contributed by atoms with Crippen molar-refractivity contribution in [2.45, 2.75) is 31.9 Å². The summed E-state index contributed by atoms with van der Waals surface area (Å²) in [4.78, 5) is 7.88. The van der Waals surface area contributed by atoms with E-state index in [1.54, 1.807) is 0 Å². The second-order valence-corrected chi connectivity index (χ2v) is 6.64. The van der Waals surface area contributed by atoms with E-state index in [4.69, 9.17) is 5.11 Å². The van der Waals surface area contributed by atoms with E-state index in [2.05, 4.69) is 20.0 Å². The summed E-state index contributed by atoms with van der Waals surface area (Å²) in [6.45, 7) is -1.48. The summed E-state index contributed by atoms with van der Waals surface area (Å²) < 4.78 is 42.1. The first-order chi connectivity index (χ1) is 11.1. The molecule has 1 atom stereocenters. The van der Waals surface area contributed by atoms with Gasteiger partial charge in [0.2, 0.25) is 5.95 Å². The van der Waals surface area contributed by atoms with Crippen LogP contribution in [0.3, 0.4) is 0 Å². The second-order valence-electron chi connectivity index (χ2n) is 5.07. The van der Waals surface area contributed by atoms with E-state index in [1.807, 2.05) is 4.31 Å². The van der Waals surface area contributed by atoms with Gasteiger partial charge in [0.05, 0.1) is 23.4 Å². The van der Waals surface area contributed by atoms with Crippen LogP contribution in [0, 0.1) is 0 Å². The number of nitrogens with one attached hydrogen (secondary N) is 1. The van der Waals surface area contributed by atoms with Crippen LogP contribution in [0.5, 0.6) is 5.75 Å². The fourth-order valence-corrected chi connectivity index (χ4v) is 3.51. The normalized spacial score (nSPS) is 18.1. The molecule has 2 N–H and O–H groups in total. The lowest BCUT2D eigenvalue weighted by Crippen LogP contribution is -2.41. The molecular weight excluding hydrogens is 330 g/mol. The Labute approximate surface area is 135 Å². The summed E-state index contributed by atoms with van der Waals surface area (Å²) in [6, 6.07) is 0.142. The van der Waals surface area contributed by atoms with Gasteiger partial charge >= 0.3 is 6.61 Å². The highest BCUT2D eigenvalue weighted by atomic mass is 32.2. The Morgan fingerprint density at radius 3 is 2.61 bits per heavy atom. The number of aromatic nitrogens is 2. The predicted molar refractivity (Wildman–Crippen MR) is 81.6 cm³/mol. The quantitative estimate of drug-likeness (QED) is 0.727. The van der Waals surface area contributed by atoms with Gasteiger partial charge in [-0.2, -0.15) is 8.78 Å². The number of alkyl halides is 2. The van der Waals surface area contributed by atoms with Crippen LogP contribution in [0.25, 0.3) is 0 Å². The van der Waals surface area contributed by atoms with Crippen molar-refractivity contribution in [3.05, 3.63) is 12.4 Å². The first kappa shape index (κ1) is 18.0. The van der Waals surface area contributed by atoms with Crippen LogP contribution in [-0.4, -0.2) is 61.7 Å². The molecule has 0 saturated carbocycles. The summed E-state index contributed by atoms with van der Waals surface area (Å²) >= 11 is 0. The molecule has 1 unspecified atom stereocenters. The molecule has 1 fully saturated rings. The first-order valence-corrected chi connectivity index (χ1v) is 8.63. The van der Waals surface area contributed by atoms with E-state index in [0.29, 0.717) is 31.2 Å². The average Bonchev–Trinajstić information content (AvgIpc) is 2.54. The first-order valence-electron chi connectivity index (χ1n) is 7.36. The van der Waals surface area contributed by atoms with Crippen LogP contribution in [0.2, 0.25) is 0 Å². The van der Waals surface area contributed by atoms with Crippen molar-refractivity contribution in [2.75, 3.05) is 30.8 Å². The van der Waals surface area contributed by atoms with Gasteiger partial charge in [0.15, 0.2) is 5.75 Å². The Balaban J connectivity index is 1.76. The van der Waals surface area contributed by atoms with Gasteiger partial charge in [-0.25, -0.2) is 18.5 Å². The lowest BCUT2D eigenvalue weighted by Gasteiger charge is -2.31. The Morgan fingerprint density at radius 2 is 2.04 bits per heavy atom. The van der Waals surface area contributed by atoms with E-state index in [-0.39, 0.29) is 18.4 Å². The molecule has 2 rings (SSSR count). The maximum atomic E-state index is 12.0. The maximum Gasteiger partial charge on any atom is 0.387 e. The van der Waals surface area contributed by atoms with Gasteiger partial charge in [-0.1, -0.05) is 0 Å². The summed E-state index contributed by atoms with van der Waals surface area (Å²) in [5.41, 5.74) is 0. The van der Waals surface area contributed by atoms with Gasteiger partial charge in [0.25, 0.3) is 0 Å². The number of hydrogen-bond acceptors (Lipinski definition) is 6. The molecule has 1 saturated heterocycles. The molecule has 0 radical (unpaired) electrons. The molecule has 0 aromatic carbocycles. The molecule has 0 spiro atoms. The molecule has 10 heteroatoms. The molecule has 130 valence electrons. The topological polar surface area (TPSA) is 87.6 Å². The molecule has 1 aliphatic heterocycles. The minimum absolute atomic E-state index is 0.0480. The summed E-state index contributed by atoms with van der Waals surface area (Å²) in [5.74, 6) is 0.745. The fraction of sp³-hybridized carbons (Fsp3) is 0.692. The van der Waals surface area contributed by atoms with Crippen molar-refractivity contribution < 1.29 is 22.8 Å². The SMILES string of the molecule is O=S(CCCO)N1CCC(Nc2ncc(OC(F)F)cn2)CC1. The fourth-order valence-electron chi connectivity index (χ4n) is 2.26. The van der Waals surface area contributed by atoms with Gasteiger partial charge in [0, 0.05) is 31.5 Å². The highest BCUT2D eigenvalue weighted by molar-refractivity contribution is 7.82. The van der Waals surface area contributed by atoms with Crippen molar-refractivity contribution in [3.63, 3.8) is 0 Å². The van der Waals surface area contributed by atoms with Gasteiger partial charge in [-0.05, 0) is 19.3 Å². The highest BCUT2D eigenvalue weighted by Gasteiger charge is 2.23. The molecule has 1 aliphatic rings. The molecule has 23 heavy (non-hydrogen) atoms. The van der Waals surface area contributed by atoms with Crippen molar-refractivity contribution in [1.29, 1.82) is 0 Å². The van der Waals surface area contributed by atoms with Crippen LogP contribution in [0.1, 0.15) is 19.3 Å². The van der Waals surface area contributed by atoms with E-state index < -0.39 is 17.6 Å². The maximum absolute atomic E-state index is 12.0. The van der Waals surface area contributed by atoms with Crippen molar-refractivity contribution in [2.24, 2.45) is 0 Å². The second kappa shape index (κ2) is 9.04. The minimum atomic E-state index is -2.89. The number of aliphatic hydroxyl groups is 1. The number of piperidine rings is 1. The Morgan fingerprint density at radius 1 is 1.39 bits per heavy atom. The number of nitrogens with zero attached hydrogens (tertiary/aromatic N) is 3. The van der Waals surface area contributed by atoms with Gasteiger partial charge in [0.1, 0.15) is 0 Å². The van der Waals surface area contributed by atoms with Crippen molar-refractivity contribution >= 4 is 16.9 Å². The summed E-state index contributed by atoms with van der Waals surface area (Å²) in [5, 5.41) is 11.9. The largest absolute Gasteiger partial charge is 0.432 e. The third-order valence-corrected chi connectivity index (χ3v) is 4.98. The molecule has 1 aromatic heterocycles. The zero-order valence-corrected chi connectivity index (χ0v) is 13.3. The molecular formula is C13H20F2N4O3S. The standard InChI is InChI=1S/C13H20F2N4O3S/c14-12(15)22-11-8-16-13(17-9-11)18-10-2-4-19(5-3-10)23(21)7-1-6-20/h8-10,12,20H,1-7H2,(H,16,17,18). The van der Waals surface area contributed by atoms with Crippen LogP contribution >= 0.6 is 0 Å². The lowest BCUT2D eigenvalue weighted by atomic mass is 10.1. The highest BCUT2D eigenvalue weighted by Crippen LogP contribution is 2.17. The summed E-state index contributed by atoms with van der Waals surface area (Å²) in [6.07, 6.45) is 4.49. The lowest BCUT2D eigenvalue weighted by molar-refractivity contribution is -0.0503. The third-order valence-electron chi connectivity index (χ3n) is 3.41. The Kier molecular flexibility index (Phi) is 7.06. The minimum Gasteiger partial charge on any atom is -0.432 e. The smallest absolute Gasteiger partial charge is 0.387 e. The Hall–Kier alpha value is -1.39. The summed E-state index contributed by atoms with van der Waals surface area (Å²) in [7, 11) is -1.05. The van der Waals surface area contributed by atoms with Gasteiger partial charge < -0.3 is 15.2 Å². The number of aliphatic hydroxyl groups excluding tert-OH is 1. The van der Waals surface area contributed by atoms with Gasteiger partial charge in [-0.3, -0.25) is 0 Å². The van der Waals surface area contributed by atoms with Crippen LogP contribution < -0.4 is 10.1 Å². The third kappa shape index (κ3) is 5.96. The number of hydrogen-bond donors (Lipinski definition) is 2. The van der Waals surface area contributed by atoms with Crippen LogP contribution in [-0.2, 0) is 11.0 Å². The monoisotopic (exact) mass is 350 g/mol. The zero-order valence-electron chi connectivity index (χ0n) is 12.5. The van der Waals surface area contributed by atoms with Gasteiger partial charge in [-0.15, -0.1) is 0 Å². The molecule has 0 bridgehead atoms. The number of rotatable bonds is 8. The average molecular weight is 350 g/mol. The van der Waals surface area contributed by atoms with Crippen molar-refractivity contribution in [3.8, 4) is 5.75 Å². The number of halogens is 2. The van der Waals surface area contributed by atoms with E-state index in [9.17, 15) is 13.0 Å². The van der Waals surface area contributed by atoms with E-state index >= 15 is 0 Å². The number of anilines is 1. The van der Waals surface area contributed by atoms with Crippen LogP contribution in [0.4, 0.5) is 14.7 Å². The molecule has 0 aliphatic carbocycles. The predicted octanol–water partition coefficient (Wildman–Crippen LogP) is 1.00. The molecule has 7 nitrogen and oxygen atoms in total. The van der Waals surface area contributed by atoms with Crippen LogP contribution in [0.15, 0.2) is 12.4 Å². The molecule has 1 aromatic rings. The van der Waals surface area contributed by atoms with Crippen molar-refractivity contribution in [1.82, 2.24) is 14.3 Å². The van der Waals surface area contributed by atoms with E-state index in [1.165, 1.54) is 12.4 Å².